The van der Waals surface area contributed by atoms with Crippen molar-refractivity contribution in [2.45, 2.75) is 6.10 Å². The van der Waals surface area contributed by atoms with Crippen LogP contribution in [0, 0.1) is 0 Å². The maximum atomic E-state index is 10.8. The molecular formula is C6H15O7P. The summed E-state index contributed by atoms with van der Waals surface area (Å²) in [6, 6.07) is 0. The SMILES string of the molecule is CP(=O)(O)OC(COCO)COCO. The molecule has 0 aromatic heterocycles. The van der Waals surface area contributed by atoms with Gasteiger partial charge in [-0.1, -0.05) is 0 Å². The molecule has 0 aromatic carbocycles. The van der Waals surface area contributed by atoms with Crippen LogP contribution in [0.3, 0.4) is 0 Å². The molecule has 7 nitrogen and oxygen atoms in total. The van der Waals surface area contributed by atoms with E-state index in [9.17, 15) is 4.57 Å². The standard InChI is InChI=1S/C6H15O7P/c1-14(9,10)13-6(2-11-4-7)3-12-5-8/h6-8H,2-5H2,1H3,(H,9,10). The molecule has 0 aliphatic carbocycles. The summed E-state index contributed by atoms with van der Waals surface area (Å²) in [6.07, 6.45) is -0.796. The molecule has 1 atom stereocenters. The van der Waals surface area contributed by atoms with Gasteiger partial charge in [0.25, 0.3) is 0 Å². The summed E-state index contributed by atoms with van der Waals surface area (Å²) in [5.74, 6) is 0. The molecule has 0 bridgehead atoms. The number of rotatable bonds is 8. The summed E-state index contributed by atoms with van der Waals surface area (Å²) < 4.78 is 24.7. The summed E-state index contributed by atoms with van der Waals surface area (Å²) in [7, 11) is -3.63. The van der Waals surface area contributed by atoms with E-state index in [1.165, 1.54) is 0 Å². The lowest BCUT2D eigenvalue weighted by Crippen LogP contribution is -2.25. The largest absolute Gasteiger partial charge is 0.371 e. The number of hydrogen-bond acceptors (Lipinski definition) is 6. The van der Waals surface area contributed by atoms with Crippen LogP contribution in [-0.2, 0) is 18.6 Å². The maximum absolute atomic E-state index is 10.8. The smallest absolute Gasteiger partial charge is 0.325 e. The third-order valence-corrected chi connectivity index (χ3v) is 1.82. The van der Waals surface area contributed by atoms with E-state index >= 15 is 0 Å². The average molecular weight is 230 g/mol. The van der Waals surface area contributed by atoms with Crippen LogP contribution >= 0.6 is 7.60 Å². The molecular weight excluding hydrogens is 215 g/mol. The topological polar surface area (TPSA) is 105 Å². The van der Waals surface area contributed by atoms with E-state index in [-0.39, 0.29) is 13.2 Å². The zero-order valence-corrected chi connectivity index (χ0v) is 8.72. The molecule has 0 heterocycles. The van der Waals surface area contributed by atoms with E-state index < -0.39 is 27.3 Å². The van der Waals surface area contributed by atoms with Crippen LogP contribution in [-0.4, -0.2) is 54.7 Å². The Kier molecular flexibility index (Phi) is 7.30. The van der Waals surface area contributed by atoms with Gasteiger partial charge in [-0.25, -0.2) is 0 Å². The number of hydrogen-bond donors (Lipinski definition) is 3. The summed E-state index contributed by atoms with van der Waals surface area (Å²) in [5.41, 5.74) is 0. The van der Waals surface area contributed by atoms with E-state index in [0.717, 1.165) is 6.66 Å². The Bertz CT molecular complexity index is 171. The van der Waals surface area contributed by atoms with Crippen LogP contribution in [0.5, 0.6) is 0 Å². The van der Waals surface area contributed by atoms with Gasteiger partial charge in [-0.15, -0.1) is 0 Å². The second-order valence-corrected chi connectivity index (χ2v) is 4.35. The number of aliphatic hydroxyl groups is 2. The molecule has 86 valence electrons. The molecule has 0 aliphatic rings. The summed E-state index contributed by atoms with van der Waals surface area (Å²) in [5, 5.41) is 16.7. The van der Waals surface area contributed by atoms with E-state index in [4.69, 9.17) is 15.1 Å². The molecule has 0 rings (SSSR count). The molecule has 3 N–H and O–H groups in total. The highest BCUT2D eigenvalue weighted by Gasteiger charge is 2.19. The van der Waals surface area contributed by atoms with Gasteiger partial charge in [0, 0.05) is 6.66 Å². The third-order valence-electron chi connectivity index (χ3n) is 1.13. The van der Waals surface area contributed by atoms with Crippen LogP contribution in [0.1, 0.15) is 0 Å². The fourth-order valence-corrected chi connectivity index (χ4v) is 1.43. The van der Waals surface area contributed by atoms with E-state index in [2.05, 4.69) is 14.0 Å². The van der Waals surface area contributed by atoms with Gasteiger partial charge in [0.05, 0.1) is 13.2 Å². The monoisotopic (exact) mass is 230 g/mol. The Balaban J connectivity index is 3.90. The van der Waals surface area contributed by atoms with E-state index in [1.54, 1.807) is 0 Å². The quantitative estimate of drug-likeness (QED) is 0.367. The van der Waals surface area contributed by atoms with Crippen molar-refractivity contribution in [1.29, 1.82) is 0 Å². The van der Waals surface area contributed by atoms with Crippen molar-refractivity contribution in [3.8, 4) is 0 Å². The van der Waals surface area contributed by atoms with Gasteiger partial charge >= 0.3 is 7.60 Å². The molecule has 8 heteroatoms. The minimum absolute atomic E-state index is 0.0884. The van der Waals surface area contributed by atoms with Gasteiger partial charge in [-0.3, -0.25) is 4.57 Å². The summed E-state index contributed by atoms with van der Waals surface area (Å²) >= 11 is 0. The highest BCUT2D eigenvalue weighted by atomic mass is 31.2. The Hall–Kier alpha value is -0.0100. The van der Waals surface area contributed by atoms with Crippen molar-refractivity contribution in [2.24, 2.45) is 0 Å². The van der Waals surface area contributed by atoms with Gasteiger partial charge in [-0.2, -0.15) is 0 Å². The molecule has 0 radical (unpaired) electrons. The van der Waals surface area contributed by atoms with Crippen molar-refractivity contribution in [1.82, 2.24) is 0 Å². The fraction of sp³-hybridized carbons (Fsp3) is 1.00. The lowest BCUT2D eigenvalue weighted by molar-refractivity contribution is -0.0797. The molecule has 1 unspecified atom stereocenters. The lowest BCUT2D eigenvalue weighted by Gasteiger charge is -2.18. The minimum atomic E-state index is -3.63. The van der Waals surface area contributed by atoms with Crippen molar-refractivity contribution in [3.05, 3.63) is 0 Å². The van der Waals surface area contributed by atoms with E-state index in [0.29, 0.717) is 0 Å². The Morgan fingerprint density at radius 2 is 1.64 bits per heavy atom. The summed E-state index contributed by atoms with van der Waals surface area (Å²) in [4.78, 5) is 8.88. The molecule has 14 heavy (non-hydrogen) atoms. The first-order chi connectivity index (χ1) is 6.49. The van der Waals surface area contributed by atoms with Crippen molar-refractivity contribution in [2.75, 3.05) is 33.5 Å². The fourth-order valence-electron chi connectivity index (χ4n) is 0.754. The highest BCUT2D eigenvalue weighted by molar-refractivity contribution is 7.51. The lowest BCUT2D eigenvalue weighted by atomic mass is 10.4. The van der Waals surface area contributed by atoms with Gasteiger partial charge in [0.15, 0.2) is 0 Å². The minimum Gasteiger partial charge on any atom is -0.371 e. The molecule has 0 aromatic rings. The van der Waals surface area contributed by atoms with Gasteiger partial charge < -0.3 is 29.1 Å². The predicted octanol–water partition coefficient (Wildman–Crippen LogP) is -0.880. The van der Waals surface area contributed by atoms with Gasteiger partial charge in [-0.05, 0) is 0 Å². The second-order valence-electron chi connectivity index (χ2n) is 2.53. The van der Waals surface area contributed by atoms with E-state index in [1.807, 2.05) is 0 Å². The maximum Gasteiger partial charge on any atom is 0.325 e. The first kappa shape index (κ1) is 14.0. The van der Waals surface area contributed by atoms with Crippen molar-refractivity contribution >= 4 is 7.60 Å². The third kappa shape index (κ3) is 8.58. The van der Waals surface area contributed by atoms with Crippen molar-refractivity contribution < 1.29 is 33.7 Å². The first-order valence-corrected chi connectivity index (χ1v) is 5.88. The molecule has 0 saturated heterocycles. The van der Waals surface area contributed by atoms with Crippen LogP contribution in [0.15, 0.2) is 0 Å². The Labute approximate surface area is 81.8 Å². The molecule has 0 saturated carbocycles. The molecule has 0 amide bonds. The Morgan fingerprint density at radius 1 is 1.21 bits per heavy atom. The number of aliphatic hydroxyl groups excluding tert-OH is 2. The number of ether oxygens (including phenoxy) is 2. The zero-order valence-electron chi connectivity index (χ0n) is 7.83. The van der Waals surface area contributed by atoms with Crippen LogP contribution in [0.4, 0.5) is 0 Å². The van der Waals surface area contributed by atoms with Gasteiger partial charge in [0.2, 0.25) is 0 Å². The van der Waals surface area contributed by atoms with Crippen LogP contribution < -0.4 is 0 Å². The normalized spacial score (nSPS) is 15.8. The Morgan fingerprint density at radius 3 is 1.93 bits per heavy atom. The summed E-state index contributed by atoms with van der Waals surface area (Å²) in [6.45, 7) is -0.182. The average Bonchev–Trinajstić information content (AvgIpc) is 2.07. The van der Waals surface area contributed by atoms with Crippen LogP contribution in [0.25, 0.3) is 0 Å². The first-order valence-electron chi connectivity index (χ1n) is 3.85. The van der Waals surface area contributed by atoms with Gasteiger partial charge in [0.1, 0.15) is 19.7 Å². The molecule has 0 spiro atoms. The second kappa shape index (κ2) is 7.30. The predicted molar refractivity (Wildman–Crippen MR) is 46.7 cm³/mol. The molecule has 0 aliphatic heterocycles. The zero-order chi connectivity index (χ0) is 11.0. The van der Waals surface area contributed by atoms with Crippen LogP contribution in [0.2, 0.25) is 0 Å². The highest BCUT2D eigenvalue weighted by Crippen LogP contribution is 2.38. The van der Waals surface area contributed by atoms with Crippen molar-refractivity contribution in [3.63, 3.8) is 0 Å². The molecule has 0 fully saturated rings.